The number of Topliss-reactive ketones (excluding diaryl/α,β-unsaturated/α-hetero) is 1. The van der Waals surface area contributed by atoms with Crippen molar-refractivity contribution in [2.45, 2.75) is 58.8 Å². The predicted octanol–water partition coefficient (Wildman–Crippen LogP) is 4.12. The number of amides is 1. The fourth-order valence-corrected chi connectivity index (χ4v) is 2.13. The van der Waals surface area contributed by atoms with Crippen molar-refractivity contribution < 1.29 is 14.3 Å². The summed E-state index contributed by atoms with van der Waals surface area (Å²) in [6.45, 7) is 4.77. The van der Waals surface area contributed by atoms with Crippen LogP contribution in [-0.2, 0) is 4.79 Å². The molecule has 0 atom stereocenters. The molecule has 0 aliphatic rings. The molecule has 0 aliphatic carbocycles. The highest BCUT2D eigenvalue weighted by atomic mass is 16.5. The van der Waals surface area contributed by atoms with E-state index in [4.69, 9.17) is 4.74 Å². The standard InChI is InChI=1S/C19H28N2O3/c1-3-5-7-10-14-24-18-12-9-8-11-16(18)17(22)15-20-21-19(23)13-6-4-2/h8-9,11-12,15H,3-7,10,13-14H2,1-2H3,(H,21,23)/b20-15+. The van der Waals surface area contributed by atoms with Gasteiger partial charge in [0.15, 0.2) is 0 Å². The number of hydrazone groups is 1. The molecule has 0 unspecified atom stereocenters. The van der Waals surface area contributed by atoms with Gasteiger partial charge in [-0.05, 0) is 25.0 Å². The first kappa shape index (κ1) is 19.9. The lowest BCUT2D eigenvalue weighted by Gasteiger charge is -2.09. The van der Waals surface area contributed by atoms with E-state index in [1.807, 2.05) is 13.0 Å². The Bertz CT molecular complexity index is 541. The van der Waals surface area contributed by atoms with Gasteiger partial charge in [0.05, 0.1) is 18.4 Å². The largest absolute Gasteiger partial charge is 0.493 e. The number of carbonyl (C=O) groups is 2. The Kier molecular flexibility index (Phi) is 10.2. The van der Waals surface area contributed by atoms with Gasteiger partial charge in [0.25, 0.3) is 0 Å². The van der Waals surface area contributed by atoms with Gasteiger partial charge in [-0.2, -0.15) is 5.10 Å². The maximum atomic E-state index is 12.2. The van der Waals surface area contributed by atoms with Gasteiger partial charge in [-0.25, -0.2) is 5.43 Å². The summed E-state index contributed by atoms with van der Waals surface area (Å²) in [7, 11) is 0. The van der Waals surface area contributed by atoms with Crippen molar-refractivity contribution in [1.29, 1.82) is 0 Å². The number of carbonyl (C=O) groups excluding carboxylic acids is 2. The number of unbranched alkanes of at least 4 members (excludes halogenated alkanes) is 4. The molecule has 0 bridgehead atoms. The van der Waals surface area contributed by atoms with Crippen LogP contribution in [0.1, 0.15) is 69.2 Å². The van der Waals surface area contributed by atoms with Crippen LogP contribution in [-0.4, -0.2) is 24.5 Å². The second-order valence-corrected chi connectivity index (χ2v) is 5.67. The van der Waals surface area contributed by atoms with Crippen LogP contribution in [0.2, 0.25) is 0 Å². The quantitative estimate of drug-likeness (QED) is 0.271. The highest BCUT2D eigenvalue weighted by Crippen LogP contribution is 2.18. The molecule has 0 radical (unpaired) electrons. The van der Waals surface area contributed by atoms with Crippen molar-refractivity contribution in [2.24, 2.45) is 5.10 Å². The molecule has 0 aliphatic heterocycles. The van der Waals surface area contributed by atoms with E-state index in [1.165, 1.54) is 12.8 Å². The summed E-state index contributed by atoms with van der Waals surface area (Å²) in [6.07, 6.45) is 7.76. The van der Waals surface area contributed by atoms with Gasteiger partial charge in [-0.15, -0.1) is 0 Å². The summed E-state index contributed by atoms with van der Waals surface area (Å²) < 4.78 is 5.72. The summed E-state index contributed by atoms with van der Waals surface area (Å²) in [5.74, 6) is 0.0964. The van der Waals surface area contributed by atoms with Gasteiger partial charge < -0.3 is 4.74 Å². The first-order chi connectivity index (χ1) is 11.7. The lowest BCUT2D eigenvalue weighted by molar-refractivity contribution is -0.121. The molecule has 1 N–H and O–H groups in total. The molecule has 24 heavy (non-hydrogen) atoms. The van der Waals surface area contributed by atoms with Gasteiger partial charge in [0.2, 0.25) is 11.7 Å². The minimum absolute atomic E-state index is 0.179. The first-order valence-corrected chi connectivity index (χ1v) is 8.77. The summed E-state index contributed by atoms with van der Waals surface area (Å²) in [6, 6.07) is 7.10. The van der Waals surface area contributed by atoms with Crippen LogP contribution in [0.25, 0.3) is 0 Å². The van der Waals surface area contributed by atoms with E-state index in [0.717, 1.165) is 31.9 Å². The first-order valence-electron chi connectivity index (χ1n) is 8.77. The number of nitrogens with zero attached hydrogens (tertiary/aromatic N) is 1. The zero-order valence-corrected chi connectivity index (χ0v) is 14.7. The van der Waals surface area contributed by atoms with E-state index in [0.29, 0.717) is 24.3 Å². The number of nitrogens with one attached hydrogen (secondary N) is 1. The fraction of sp³-hybridized carbons (Fsp3) is 0.526. The van der Waals surface area contributed by atoms with Crippen LogP contribution in [0.4, 0.5) is 0 Å². The second-order valence-electron chi connectivity index (χ2n) is 5.67. The number of ether oxygens (including phenoxy) is 1. The maximum absolute atomic E-state index is 12.2. The zero-order valence-electron chi connectivity index (χ0n) is 14.7. The SMILES string of the molecule is CCCCCCOc1ccccc1C(=O)/C=N/NC(=O)CCCC. The number of hydrogen-bond donors (Lipinski definition) is 1. The topological polar surface area (TPSA) is 67.8 Å². The van der Waals surface area contributed by atoms with Crippen LogP contribution in [0.3, 0.4) is 0 Å². The van der Waals surface area contributed by atoms with Crippen molar-refractivity contribution in [1.82, 2.24) is 5.43 Å². The molecular weight excluding hydrogens is 304 g/mol. The molecule has 132 valence electrons. The van der Waals surface area contributed by atoms with Crippen LogP contribution >= 0.6 is 0 Å². The Morgan fingerprint density at radius 3 is 2.58 bits per heavy atom. The number of benzene rings is 1. The third kappa shape index (κ3) is 7.90. The van der Waals surface area contributed by atoms with Gasteiger partial charge in [0.1, 0.15) is 5.75 Å². The van der Waals surface area contributed by atoms with Gasteiger partial charge >= 0.3 is 0 Å². The Hall–Kier alpha value is -2.17. The molecule has 0 fully saturated rings. The number of hydrogen-bond acceptors (Lipinski definition) is 4. The number of para-hydroxylation sites is 1. The molecule has 0 heterocycles. The van der Waals surface area contributed by atoms with E-state index >= 15 is 0 Å². The Labute approximate surface area is 144 Å². The second kappa shape index (κ2) is 12.3. The van der Waals surface area contributed by atoms with Crippen molar-refractivity contribution in [3.8, 4) is 5.75 Å². The normalized spacial score (nSPS) is 10.8. The molecule has 5 nitrogen and oxygen atoms in total. The van der Waals surface area contributed by atoms with Gasteiger partial charge in [0, 0.05) is 6.42 Å². The summed E-state index contributed by atoms with van der Waals surface area (Å²) in [5.41, 5.74) is 2.83. The van der Waals surface area contributed by atoms with Crippen LogP contribution in [0.15, 0.2) is 29.4 Å². The molecule has 1 aromatic carbocycles. The molecule has 0 saturated carbocycles. The highest BCUT2D eigenvalue weighted by molar-refractivity contribution is 6.36. The minimum atomic E-state index is -0.282. The predicted molar refractivity (Wildman–Crippen MR) is 96.6 cm³/mol. The third-order valence-electron chi connectivity index (χ3n) is 3.54. The summed E-state index contributed by atoms with van der Waals surface area (Å²) in [4.78, 5) is 23.7. The molecule has 5 heteroatoms. The fourth-order valence-electron chi connectivity index (χ4n) is 2.13. The van der Waals surface area contributed by atoms with E-state index in [2.05, 4.69) is 17.5 Å². The summed E-state index contributed by atoms with van der Waals surface area (Å²) >= 11 is 0. The highest BCUT2D eigenvalue weighted by Gasteiger charge is 2.10. The Morgan fingerprint density at radius 1 is 1.08 bits per heavy atom. The van der Waals surface area contributed by atoms with E-state index in [9.17, 15) is 9.59 Å². The lowest BCUT2D eigenvalue weighted by atomic mass is 10.1. The maximum Gasteiger partial charge on any atom is 0.240 e. The minimum Gasteiger partial charge on any atom is -0.493 e. The molecule has 1 rings (SSSR count). The third-order valence-corrected chi connectivity index (χ3v) is 3.54. The molecule has 0 spiro atoms. The molecular formula is C19H28N2O3. The molecule has 1 amide bonds. The number of ketones is 1. The van der Waals surface area contributed by atoms with Crippen molar-refractivity contribution in [2.75, 3.05) is 6.61 Å². The average Bonchev–Trinajstić information content (AvgIpc) is 2.60. The van der Waals surface area contributed by atoms with E-state index in [-0.39, 0.29) is 11.7 Å². The molecule has 1 aromatic rings. The average molecular weight is 332 g/mol. The van der Waals surface area contributed by atoms with E-state index in [1.54, 1.807) is 18.2 Å². The van der Waals surface area contributed by atoms with Crippen LogP contribution in [0.5, 0.6) is 5.75 Å². The monoisotopic (exact) mass is 332 g/mol. The summed E-state index contributed by atoms with van der Waals surface area (Å²) in [5, 5.41) is 3.73. The van der Waals surface area contributed by atoms with Crippen molar-refractivity contribution >= 4 is 17.9 Å². The molecule has 0 saturated heterocycles. The molecule has 0 aromatic heterocycles. The number of rotatable bonds is 12. The van der Waals surface area contributed by atoms with E-state index < -0.39 is 0 Å². The van der Waals surface area contributed by atoms with Gasteiger partial charge in [-0.1, -0.05) is 51.7 Å². The van der Waals surface area contributed by atoms with Crippen LogP contribution < -0.4 is 10.2 Å². The van der Waals surface area contributed by atoms with Crippen molar-refractivity contribution in [3.05, 3.63) is 29.8 Å². The Morgan fingerprint density at radius 2 is 1.83 bits per heavy atom. The Balaban J connectivity index is 2.52. The van der Waals surface area contributed by atoms with Gasteiger partial charge in [-0.3, -0.25) is 9.59 Å². The zero-order chi connectivity index (χ0) is 17.6. The van der Waals surface area contributed by atoms with Crippen LogP contribution in [0, 0.1) is 0 Å². The van der Waals surface area contributed by atoms with Crippen molar-refractivity contribution in [3.63, 3.8) is 0 Å². The lowest BCUT2D eigenvalue weighted by Crippen LogP contribution is -2.18. The smallest absolute Gasteiger partial charge is 0.240 e.